The Kier molecular flexibility index (Phi) is 5.04. The zero-order valence-corrected chi connectivity index (χ0v) is 14.3. The van der Waals surface area contributed by atoms with Crippen molar-refractivity contribution in [3.63, 3.8) is 0 Å². The molecule has 1 aromatic rings. The molecular weight excluding hydrogens is 308 g/mol. The fraction of sp³-hybridized carbons (Fsp3) is 0.556. The lowest BCUT2D eigenvalue weighted by Gasteiger charge is -2.34. The van der Waals surface area contributed by atoms with Gasteiger partial charge in [0.05, 0.1) is 12.2 Å². The molecule has 1 amide bonds. The van der Waals surface area contributed by atoms with Crippen molar-refractivity contribution in [3.05, 3.63) is 17.7 Å². The predicted octanol–water partition coefficient (Wildman–Crippen LogP) is 2.82. The molecule has 1 N–H and O–H groups in total. The number of benzene rings is 1. The van der Waals surface area contributed by atoms with E-state index in [1.807, 2.05) is 0 Å². The van der Waals surface area contributed by atoms with Crippen LogP contribution in [0.15, 0.2) is 12.1 Å². The lowest BCUT2D eigenvalue weighted by atomic mass is 10.00. The van der Waals surface area contributed by atoms with E-state index >= 15 is 0 Å². The van der Waals surface area contributed by atoms with E-state index in [9.17, 15) is 9.59 Å². The van der Waals surface area contributed by atoms with Crippen molar-refractivity contribution in [1.82, 2.24) is 4.90 Å². The van der Waals surface area contributed by atoms with Gasteiger partial charge in [0.1, 0.15) is 0 Å². The number of carbonyl (C=O) groups excluding carboxylic acids is 2. The number of hydrogen-bond acceptors (Lipinski definition) is 5. The monoisotopic (exact) mass is 332 g/mol. The molecule has 1 atom stereocenters. The summed E-state index contributed by atoms with van der Waals surface area (Å²) in [6.45, 7) is 5.07. The Bertz CT molecular complexity index is 644. The molecule has 1 aromatic carbocycles. The summed E-state index contributed by atoms with van der Waals surface area (Å²) in [5, 5.41) is 2.88. The second kappa shape index (κ2) is 7.21. The van der Waals surface area contributed by atoms with E-state index in [1.54, 1.807) is 12.1 Å². The maximum Gasteiger partial charge on any atom is 0.238 e. The van der Waals surface area contributed by atoms with Crippen LogP contribution >= 0.6 is 0 Å². The summed E-state index contributed by atoms with van der Waals surface area (Å²) in [6, 6.07) is 3.77. The van der Waals surface area contributed by atoms with Gasteiger partial charge in [0, 0.05) is 17.7 Å². The van der Waals surface area contributed by atoms with E-state index in [1.165, 1.54) is 13.3 Å². The molecule has 1 saturated heterocycles. The molecule has 2 heterocycles. The minimum absolute atomic E-state index is 0.100. The normalized spacial score (nSPS) is 20.0. The first-order valence-electron chi connectivity index (χ1n) is 8.57. The van der Waals surface area contributed by atoms with E-state index in [0.29, 0.717) is 35.3 Å². The molecule has 130 valence electrons. The third-order valence-corrected chi connectivity index (χ3v) is 4.73. The number of likely N-dealkylation sites (tertiary alicyclic amines) is 1. The zero-order chi connectivity index (χ0) is 17.1. The number of anilines is 1. The molecule has 24 heavy (non-hydrogen) atoms. The van der Waals surface area contributed by atoms with Gasteiger partial charge in [-0.05, 0) is 38.8 Å². The first-order chi connectivity index (χ1) is 11.6. The van der Waals surface area contributed by atoms with Crippen molar-refractivity contribution in [1.29, 1.82) is 0 Å². The Balaban J connectivity index is 1.73. The van der Waals surface area contributed by atoms with Gasteiger partial charge in [0.2, 0.25) is 12.7 Å². The molecule has 1 fully saturated rings. The summed E-state index contributed by atoms with van der Waals surface area (Å²) < 4.78 is 10.6. The molecule has 0 aromatic heterocycles. The number of rotatable bonds is 5. The van der Waals surface area contributed by atoms with Gasteiger partial charge in [-0.15, -0.1) is 0 Å². The van der Waals surface area contributed by atoms with Crippen LogP contribution in [0, 0.1) is 0 Å². The summed E-state index contributed by atoms with van der Waals surface area (Å²) in [5.41, 5.74) is 0.931. The standard InChI is InChI=1S/C18H24N2O4/c1-3-13-6-4-5-7-20(13)10-18(22)19-15-9-17-16(23-11-24-17)8-14(15)12(2)21/h8-9,13H,3-7,10-11H2,1-2H3,(H,19,22). The number of nitrogens with one attached hydrogen (secondary N) is 1. The Morgan fingerprint density at radius 2 is 2.00 bits per heavy atom. The molecule has 6 heteroatoms. The minimum Gasteiger partial charge on any atom is -0.454 e. The van der Waals surface area contributed by atoms with E-state index in [4.69, 9.17) is 9.47 Å². The first-order valence-corrected chi connectivity index (χ1v) is 8.57. The highest BCUT2D eigenvalue weighted by Crippen LogP contribution is 2.37. The van der Waals surface area contributed by atoms with E-state index in [2.05, 4.69) is 17.1 Å². The van der Waals surface area contributed by atoms with Crippen molar-refractivity contribution in [2.45, 2.75) is 45.6 Å². The van der Waals surface area contributed by atoms with Gasteiger partial charge in [-0.3, -0.25) is 14.5 Å². The minimum atomic E-state index is -0.118. The SMILES string of the molecule is CCC1CCCCN1CC(=O)Nc1cc2c(cc1C(C)=O)OCO2. The van der Waals surface area contributed by atoms with Crippen LogP contribution in [0.2, 0.25) is 0 Å². The van der Waals surface area contributed by atoms with Crippen LogP contribution in [0.25, 0.3) is 0 Å². The van der Waals surface area contributed by atoms with Crippen LogP contribution in [0.1, 0.15) is 49.9 Å². The molecule has 0 spiro atoms. The van der Waals surface area contributed by atoms with Gasteiger partial charge in [-0.1, -0.05) is 13.3 Å². The Morgan fingerprint density at radius 1 is 1.25 bits per heavy atom. The van der Waals surface area contributed by atoms with Crippen LogP contribution in [-0.2, 0) is 4.79 Å². The largest absolute Gasteiger partial charge is 0.454 e. The molecule has 0 bridgehead atoms. The van der Waals surface area contributed by atoms with E-state index in [0.717, 1.165) is 25.8 Å². The van der Waals surface area contributed by atoms with Gasteiger partial charge in [-0.2, -0.15) is 0 Å². The van der Waals surface area contributed by atoms with Crippen LogP contribution < -0.4 is 14.8 Å². The highest BCUT2D eigenvalue weighted by Gasteiger charge is 2.24. The maximum atomic E-state index is 12.5. The summed E-state index contributed by atoms with van der Waals surface area (Å²) in [5.74, 6) is 0.879. The first kappa shape index (κ1) is 16.8. The number of hydrogen-bond donors (Lipinski definition) is 1. The fourth-order valence-electron chi connectivity index (χ4n) is 3.44. The van der Waals surface area contributed by atoms with Crippen molar-refractivity contribution in [2.75, 3.05) is 25.2 Å². The van der Waals surface area contributed by atoms with Crippen LogP contribution in [0.4, 0.5) is 5.69 Å². The molecule has 1 unspecified atom stereocenters. The number of ketones is 1. The molecule has 3 rings (SSSR count). The number of Topliss-reactive ketones (excluding diaryl/α,β-unsaturated/α-hetero) is 1. The number of carbonyl (C=O) groups is 2. The highest BCUT2D eigenvalue weighted by molar-refractivity contribution is 6.05. The number of ether oxygens (including phenoxy) is 2. The lowest BCUT2D eigenvalue weighted by molar-refractivity contribution is -0.118. The number of piperidine rings is 1. The van der Waals surface area contributed by atoms with Crippen molar-refractivity contribution in [2.24, 2.45) is 0 Å². The van der Waals surface area contributed by atoms with E-state index in [-0.39, 0.29) is 18.5 Å². The lowest BCUT2D eigenvalue weighted by Crippen LogP contribution is -2.43. The second-order valence-corrected chi connectivity index (χ2v) is 6.38. The van der Waals surface area contributed by atoms with E-state index < -0.39 is 0 Å². The van der Waals surface area contributed by atoms with Gasteiger partial charge in [-0.25, -0.2) is 0 Å². The smallest absolute Gasteiger partial charge is 0.238 e. The molecule has 0 aliphatic carbocycles. The van der Waals surface area contributed by atoms with Crippen LogP contribution in [0.5, 0.6) is 11.5 Å². The van der Waals surface area contributed by atoms with Gasteiger partial charge in [0.15, 0.2) is 17.3 Å². The Morgan fingerprint density at radius 3 is 2.71 bits per heavy atom. The van der Waals surface area contributed by atoms with Crippen LogP contribution in [-0.4, -0.2) is 42.5 Å². The Labute approximate surface area is 142 Å². The topological polar surface area (TPSA) is 67.9 Å². The molecular formula is C18H24N2O4. The summed E-state index contributed by atoms with van der Waals surface area (Å²) in [7, 11) is 0. The zero-order valence-electron chi connectivity index (χ0n) is 14.3. The van der Waals surface area contributed by atoms with Crippen molar-refractivity contribution >= 4 is 17.4 Å². The molecule has 2 aliphatic rings. The summed E-state index contributed by atoms with van der Waals surface area (Å²) in [4.78, 5) is 26.6. The third-order valence-electron chi connectivity index (χ3n) is 4.73. The molecule has 2 aliphatic heterocycles. The molecule has 0 radical (unpaired) electrons. The predicted molar refractivity (Wildman–Crippen MR) is 90.7 cm³/mol. The summed E-state index contributed by atoms with van der Waals surface area (Å²) >= 11 is 0. The Hall–Kier alpha value is -2.08. The second-order valence-electron chi connectivity index (χ2n) is 6.38. The molecule has 0 saturated carbocycles. The number of amides is 1. The van der Waals surface area contributed by atoms with Gasteiger partial charge in [0.25, 0.3) is 0 Å². The number of fused-ring (bicyclic) bond motifs is 1. The summed E-state index contributed by atoms with van der Waals surface area (Å²) in [6.07, 6.45) is 4.56. The maximum absolute atomic E-state index is 12.5. The quantitative estimate of drug-likeness (QED) is 0.840. The van der Waals surface area contributed by atoms with Crippen LogP contribution in [0.3, 0.4) is 0 Å². The van der Waals surface area contributed by atoms with Crippen molar-refractivity contribution in [3.8, 4) is 11.5 Å². The van der Waals surface area contributed by atoms with Gasteiger partial charge >= 0.3 is 0 Å². The number of nitrogens with zero attached hydrogens (tertiary/aromatic N) is 1. The fourth-order valence-corrected chi connectivity index (χ4v) is 3.44. The molecule has 6 nitrogen and oxygen atoms in total. The average Bonchev–Trinajstić information content (AvgIpc) is 3.01. The highest BCUT2D eigenvalue weighted by atomic mass is 16.7. The average molecular weight is 332 g/mol. The van der Waals surface area contributed by atoms with Gasteiger partial charge < -0.3 is 14.8 Å². The van der Waals surface area contributed by atoms with Crippen molar-refractivity contribution < 1.29 is 19.1 Å². The third kappa shape index (κ3) is 3.53.